The summed E-state index contributed by atoms with van der Waals surface area (Å²) in [6.07, 6.45) is 1.72. The Morgan fingerprint density at radius 3 is 2.23 bits per heavy atom. The van der Waals surface area contributed by atoms with Crippen molar-refractivity contribution >= 4 is 5.69 Å². The maximum absolute atomic E-state index is 5.56. The van der Waals surface area contributed by atoms with E-state index in [1.54, 1.807) is 38.3 Å². The molecule has 26 heavy (non-hydrogen) atoms. The normalized spacial score (nSPS) is 10.5. The minimum Gasteiger partial charge on any atom is -0.497 e. The van der Waals surface area contributed by atoms with Crippen LogP contribution in [0.2, 0.25) is 0 Å². The zero-order chi connectivity index (χ0) is 18.7. The minimum atomic E-state index is 0.560. The fourth-order valence-electron chi connectivity index (χ4n) is 2.74. The van der Waals surface area contributed by atoms with E-state index in [4.69, 9.17) is 14.2 Å². The van der Waals surface area contributed by atoms with Crippen molar-refractivity contribution in [3.05, 3.63) is 42.6 Å². The van der Waals surface area contributed by atoms with Gasteiger partial charge in [0.25, 0.3) is 0 Å². The lowest BCUT2D eigenvalue weighted by Crippen LogP contribution is -2.08. The smallest absolute Gasteiger partial charge is 0.186 e. The number of ether oxygens (including phenoxy) is 3. The third-order valence-corrected chi connectivity index (χ3v) is 4.13. The van der Waals surface area contributed by atoms with Gasteiger partial charge in [-0.3, -0.25) is 0 Å². The molecule has 1 heterocycles. The highest BCUT2D eigenvalue weighted by Crippen LogP contribution is 2.39. The van der Waals surface area contributed by atoms with E-state index in [0.717, 1.165) is 16.9 Å². The molecule has 0 fully saturated rings. The van der Waals surface area contributed by atoms with Crippen LogP contribution in [0.25, 0.3) is 16.9 Å². The summed E-state index contributed by atoms with van der Waals surface area (Å²) in [7, 11) is 8.80. The molecule has 0 atom stereocenters. The number of benzene rings is 2. The van der Waals surface area contributed by atoms with Crippen LogP contribution >= 0.6 is 0 Å². The van der Waals surface area contributed by atoms with Crippen molar-refractivity contribution < 1.29 is 14.2 Å². The first-order chi connectivity index (χ1) is 12.6. The molecule has 7 nitrogen and oxygen atoms in total. The molecule has 0 saturated heterocycles. The van der Waals surface area contributed by atoms with E-state index in [1.165, 1.54) is 0 Å². The molecule has 0 aliphatic heterocycles. The van der Waals surface area contributed by atoms with Crippen LogP contribution in [0.1, 0.15) is 0 Å². The van der Waals surface area contributed by atoms with Gasteiger partial charge in [-0.25, -0.2) is 4.68 Å². The second-order valence-corrected chi connectivity index (χ2v) is 5.85. The van der Waals surface area contributed by atoms with Gasteiger partial charge in [-0.1, -0.05) is 17.3 Å². The van der Waals surface area contributed by atoms with E-state index < -0.39 is 0 Å². The Balaban J connectivity index is 2.14. The molecule has 0 unspecified atom stereocenters. The summed E-state index contributed by atoms with van der Waals surface area (Å²) in [5.74, 6) is 1.76. The minimum absolute atomic E-state index is 0.560. The van der Waals surface area contributed by atoms with Crippen molar-refractivity contribution in [1.29, 1.82) is 0 Å². The van der Waals surface area contributed by atoms with E-state index in [-0.39, 0.29) is 0 Å². The fourth-order valence-corrected chi connectivity index (χ4v) is 2.74. The van der Waals surface area contributed by atoms with Gasteiger partial charge in [0.15, 0.2) is 11.5 Å². The van der Waals surface area contributed by atoms with Crippen LogP contribution in [0.4, 0.5) is 5.69 Å². The van der Waals surface area contributed by atoms with Gasteiger partial charge in [0.2, 0.25) is 0 Å². The quantitative estimate of drug-likeness (QED) is 0.678. The zero-order valence-electron chi connectivity index (χ0n) is 15.6. The first kappa shape index (κ1) is 17.6. The van der Waals surface area contributed by atoms with Crippen LogP contribution < -0.4 is 19.1 Å². The molecule has 0 spiro atoms. The topological polar surface area (TPSA) is 61.6 Å². The van der Waals surface area contributed by atoms with Crippen molar-refractivity contribution in [2.24, 2.45) is 0 Å². The van der Waals surface area contributed by atoms with E-state index in [1.807, 2.05) is 32.3 Å². The average Bonchev–Trinajstić information content (AvgIpc) is 3.16. The highest BCUT2D eigenvalue weighted by Gasteiger charge is 2.18. The molecule has 0 bridgehead atoms. The molecule has 0 N–H and O–H groups in total. The molecule has 0 radical (unpaired) electrons. The van der Waals surface area contributed by atoms with Crippen molar-refractivity contribution in [2.45, 2.75) is 0 Å². The maximum Gasteiger partial charge on any atom is 0.186 e. The molecule has 7 heteroatoms. The summed E-state index contributed by atoms with van der Waals surface area (Å²) in [6.45, 7) is 0. The lowest BCUT2D eigenvalue weighted by Gasteiger charge is -2.16. The highest BCUT2D eigenvalue weighted by atomic mass is 16.5. The lowest BCUT2D eigenvalue weighted by molar-refractivity contribution is 0.347. The summed E-state index contributed by atoms with van der Waals surface area (Å²) < 4.78 is 18.1. The Kier molecular flexibility index (Phi) is 4.97. The fraction of sp³-hybridized carbons (Fsp3) is 0.263. The molecule has 0 saturated carbocycles. The second kappa shape index (κ2) is 7.35. The number of methoxy groups -OCH3 is 3. The highest BCUT2D eigenvalue weighted by molar-refractivity contribution is 5.67. The van der Waals surface area contributed by atoms with Gasteiger partial charge in [-0.05, 0) is 12.1 Å². The van der Waals surface area contributed by atoms with Crippen molar-refractivity contribution in [3.8, 4) is 34.2 Å². The number of hydrogen-bond donors (Lipinski definition) is 0. The van der Waals surface area contributed by atoms with Gasteiger partial charge in [0.05, 0.1) is 33.2 Å². The van der Waals surface area contributed by atoms with Gasteiger partial charge < -0.3 is 19.1 Å². The van der Waals surface area contributed by atoms with Gasteiger partial charge in [0.1, 0.15) is 11.4 Å². The molecule has 136 valence electrons. The predicted molar refractivity (Wildman–Crippen MR) is 101 cm³/mol. The standard InChI is InChI=1S/C19H22N4O3/c1-22(2)14-8-6-13(7-9-14)17-12-20-21-23(17)16-10-15(24-3)11-18(25-4)19(16)26-5/h6-12H,1-5H3. The van der Waals surface area contributed by atoms with Crippen LogP contribution in [0.15, 0.2) is 42.6 Å². The molecular formula is C19H22N4O3. The summed E-state index contributed by atoms with van der Waals surface area (Å²) in [5, 5.41) is 8.33. The molecule has 1 aromatic heterocycles. The van der Waals surface area contributed by atoms with Gasteiger partial charge >= 0.3 is 0 Å². The van der Waals surface area contributed by atoms with Crippen LogP contribution in [0, 0.1) is 0 Å². The third-order valence-electron chi connectivity index (χ3n) is 4.13. The molecule has 3 aromatic rings. The first-order valence-electron chi connectivity index (χ1n) is 8.08. The Bertz CT molecular complexity index is 888. The van der Waals surface area contributed by atoms with Crippen LogP contribution in [-0.2, 0) is 0 Å². The van der Waals surface area contributed by atoms with Crippen LogP contribution in [-0.4, -0.2) is 50.4 Å². The van der Waals surface area contributed by atoms with Crippen LogP contribution in [0.3, 0.4) is 0 Å². The van der Waals surface area contributed by atoms with Crippen molar-refractivity contribution in [1.82, 2.24) is 15.0 Å². The maximum atomic E-state index is 5.56. The van der Waals surface area contributed by atoms with Gasteiger partial charge in [0, 0.05) is 37.5 Å². The van der Waals surface area contributed by atoms with Crippen molar-refractivity contribution in [2.75, 3.05) is 40.3 Å². The van der Waals surface area contributed by atoms with E-state index in [0.29, 0.717) is 22.9 Å². The molecule has 0 aliphatic rings. The molecule has 3 rings (SSSR count). The van der Waals surface area contributed by atoms with Crippen LogP contribution in [0.5, 0.6) is 17.2 Å². The van der Waals surface area contributed by atoms with Gasteiger partial charge in [-0.15, -0.1) is 5.10 Å². The molecule has 0 amide bonds. The largest absolute Gasteiger partial charge is 0.497 e. The summed E-state index contributed by atoms with van der Waals surface area (Å²) in [5.41, 5.74) is 3.63. The Hall–Kier alpha value is -3.22. The number of nitrogens with zero attached hydrogens (tertiary/aromatic N) is 4. The number of aromatic nitrogens is 3. The monoisotopic (exact) mass is 354 g/mol. The molecule has 0 aliphatic carbocycles. The number of rotatable bonds is 6. The predicted octanol–water partition coefficient (Wildman–Crippen LogP) is 3.03. The van der Waals surface area contributed by atoms with E-state index >= 15 is 0 Å². The number of anilines is 1. The second-order valence-electron chi connectivity index (χ2n) is 5.85. The first-order valence-corrected chi connectivity index (χ1v) is 8.08. The Morgan fingerprint density at radius 2 is 1.65 bits per heavy atom. The average molecular weight is 354 g/mol. The molecule has 2 aromatic carbocycles. The van der Waals surface area contributed by atoms with E-state index in [2.05, 4.69) is 27.3 Å². The molecular weight excluding hydrogens is 332 g/mol. The zero-order valence-corrected chi connectivity index (χ0v) is 15.6. The van der Waals surface area contributed by atoms with Gasteiger partial charge in [-0.2, -0.15) is 0 Å². The third kappa shape index (κ3) is 3.15. The lowest BCUT2D eigenvalue weighted by atomic mass is 10.1. The Labute approximate surface area is 152 Å². The van der Waals surface area contributed by atoms with E-state index in [9.17, 15) is 0 Å². The number of hydrogen-bond acceptors (Lipinski definition) is 6. The summed E-state index contributed by atoms with van der Waals surface area (Å²) >= 11 is 0. The SMILES string of the molecule is COc1cc(OC)c(OC)c(-n2nncc2-c2ccc(N(C)C)cc2)c1. The summed E-state index contributed by atoms with van der Waals surface area (Å²) in [4.78, 5) is 2.05. The van der Waals surface area contributed by atoms with Crippen molar-refractivity contribution in [3.63, 3.8) is 0 Å². The summed E-state index contributed by atoms with van der Waals surface area (Å²) in [6, 6.07) is 11.8. The Morgan fingerprint density at radius 1 is 0.923 bits per heavy atom.